The van der Waals surface area contributed by atoms with Crippen molar-refractivity contribution in [1.82, 2.24) is 30.3 Å². The number of aromatic nitrogens is 3. The van der Waals surface area contributed by atoms with Gasteiger partial charge in [0.1, 0.15) is 12.7 Å². The highest BCUT2D eigenvalue weighted by Gasteiger charge is 2.25. The first-order valence-electron chi connectivity index (χ1n) is 10.9. The second-order valence-electron chi connectivity index (χ2n) is 7.80. The van der Waals surface area contributed by atoms with E-state index in [0.717, 1.165) is 50.9 Å². The fourth-order valence-corrected chi connectivity index (χ4v) is 4.54. The number of aliphatic imine (C=N–C) groups is 1. The van der Waals surface area contributed by atoms with Crippen molar-refractivity contribution in [3.63, 3.8) is 0 Å². The minimum absolute atomic E-state index is 0. The van der Waals surface area contributed by atoms with Gasteiger partial charge in [-0.25, -0.2) is 0 Å². The lowest BCUT2D eigenvalue weighted by atomic mass is 9.97. The summed E-state index contributed by atoms with van der Waals surface area (Å²) in [6.45, 7) is 10.4. The van der Waals surface area contributed by atoms with Crippen molar-refractivity contribution in [2.45, 2.75) is 52.1 Å². The van der Waals surface area contributed by atoms with Crippen molar-refractivity contribution >= 4 is 41.3 Å². The Labute approximate surface area is 201 Å². The van der Waals surface area contributed by atoms with Crippen molar-refractivity contribution in [2.75, 3.05) is 32.7 Å². The third-order valence-corrected chi connectivity index (χ3v) is 6.47. The zero-order valence-electron chi connectivity index (χ0n) is 18.2. The van der Waals surface area contributed by atoms with E-state index in [4.69, 9.17) is 4.99 Å². The molecule has 1 fully saturated rings. The van der Waals surface area contributed by atoms with E-state index in [1.807, 2.05) is 15.9 Å². The van der Waals surface area contributed by atoms with Gasteiger partial charge in [0.25, 0.3) is 0 Å². The summed E-state index contributed by atoms with van der Waals surface area (Å²) < 4.78 is 2.02. The van der Waals surface area contributed by atoms with Gasteiger partial charge in [0.05, 0.1) is 12.6 Å². The number of aryl methyl sites for hydroxylation is 1. The molecule has 1 unspecified atom stereocenters. The van der Waals surface area contributed by atoms with Gasteiger partial charge >= 0.3 is 0 Å². The molecule has 1 saturated heterocycles. The normalized spacial score (nSPS) is 16.8. The van der Waals surface area contributed by atoms with Gasteiger partial charge in [-0.2, -0.15) is 0 Å². The molecule has 9 heteroatoms. The number of rotatable bonds is 10. The number of piperidine rings is 1. The largest absolute Gasteiger partial charge is 0.357 e. The van der Waals surface area contributed by atoms with E-state index in [-0.39, 0.29) is 24.0 Å². The van der Waals surface area contributed by atoms with Crippen LogP contribution in [0.2, 0.25) is 0 Å². The van der Waals surface area contributed by atoms with Gasteiger partial charge in [-0.15, -0.1) is 45.5 Å². The maximum atomic E-state index is 4.95. The Kier molecular flexibility index (Phi) is 11.7. The van der Waals surface area contributed by atoms with Crippen LogP contribution in [0.3, 0.4) is 0 Å². The van der Waals surface area contributed by atoms with E-state index in [0.29, 0.717) is 6.04 Å². The van der Waals surface area contributed by atoms with Gasteiger partial charge in [-0.05, 0) is 63.1 Å². The number of nitrogens with zero attached hydrogens (tertiary/aromatic N) is 5. The van der Waals surface area contributed by atoms with Gasteiger partial charge in [0.2, 0.25) is 0 Å². The zero-order chi connectivity index (χ0) is 20.3. The van der Waals surface area contributed by atoms with Gasteiger partial charge < -0.3 is 15.2 Å². The molecular weight excluding hydrogens is 509 g/mol. The van der Waals surface area contributed by atoms with Crippen molar-refractivity contribution in [1.29, 1.82) is 0 Å². The summed E-state index contributed by atoms with van der Waals surface area (Å²) in [4.78, 5) is 8.99. The predicted octanol–water partition coefficient (Wildman–Crippen LogP) is 3.77. The molecule has 2 aromatic rings. The Morgan fingerprint density at radius 3 is 2.67 bits per heavy atom. The number of thiophene rings is 1. The van der Waals surface area contributed by atoms with Crippen LogP contribution in [-0.2, 0) is 6.54 Å². The van der Waals surface area contributed by atoms with Crippen LogP contribution in [0.1, 0.15) is 50.4 Å². The van der Waals surface area contributed by atoms with E-state index in [9.17, 15) is 0 Å². The fraction of sp³-hybridized carbons (Fsp3) is 0.667. The highest BCUT2D eigenvalue weighted by Crippen LogP contribution is 2.29. The molecule has 168 valence electrons. The first-order valence-corrected chi connectivity index (χ1v) is 11.8. The molecule has 2 aromatic heterocycles. The van der Waals surface area contributed by atoms with E-state index >= 15 is 0 Å². The minimum Gasteiger partial charge on any atom is -0.357 e. The van der Waals surface area contributed by atoms with Crippen LogP contribution < -0.4 is 10.6 Å². The third-order valence-electron chi connectivity index (χ3n) is 5.50. The Balaban J connectivity index is 0.00000320. The van der Waals surface area contributed by atoms with E-state index in [1.54, 1.807) is 12.7 Å². The highest BCUT2D eigenvalue weighted by molar-refractivity contribution is 14.0. The summed E-state index contributed by atoms with van der Waals surface area (Å²) in [5.74, 6) is 1.76. The summed E-state index contributed by atoms with van der Waals surface area (Å²) in [6.07, 6.45) is 8.29. The summed E-state index contributed by atoms with van der Waals surface area (Å²) in [5.41, 5.74) is 0. The van der Waals surface area contributed by atoms with Crippen LogP contribution in [0.25, 0.3) is 0 Å². The average molecular weight is 546 g/mol. The van der Waals surface area contributed by atoms with Crippen molar-refractivity contribution in [2.24, 2.45) is 10.9 Å². The van der Waals surface area contributed by atoms with Crippen LogP contribution in [0, 0.1) is 5.92 Å². The van der Waals surface area contributed by atoms with Crippen LogP contribution in [0.5, 0.6) is 0 Å². The number of nitrogens with one attached hydrogen (secondary N) is 2. The number of halogens is 1. The molecule has 1 aliphatic heterocycles. The lowest BCUT2D eigenvalue weighted by molar-refractivity contribution is 0.143. The molecule has 0 radical (unpaired) electrons. The molecule has 3 rings (SSSR count). The molecule has 0 spiro atoms. The monoisotopic (exact) mass is 545 g/mol. The predicted molar refractivity (Wildman–Crippen MR) is 136 cm³/mol. The number of guanidine groups is 1. The smallest absolute Gasteiger partial charge is 0.191 e. The second-order valence-corrected chi connectivity index (χ2v) is 8.78. The van der Waals surface area contributed by atoms with E-state index < -0.39 is 0 Å². The molecule has 0 bridgehead atoms. The molecule has 2 N–H and O–H groups in total. The molecule has 7 nitrogen and oxygen atoms in total. The standard InChI is InChI=1S/C21H35N7S.HI/c1-3-22-21(23-10-4-5-11-27-16-25-26-17-27)24-15-19(20-7-6-14-29-20)28-12-8-18(2)9-13-28;/h6-7,14,16-19H,3-5,8-13,15H2,1-2H3,(H2,22,23,24);1H. The van der Waals surface area contributed by atoms with Crippen LogP contribution in [0.15, 0.2) is 35.2 Å². The Morgan fingerprint density at radius 1 is 1.23 bits per heavy atom. The van der Waals surface area contributed by atoms with Crippen LogP contribution in [0.4, 0.5) is 0 Å². The number of hydrogen-bond donors (Lipinski definition) is 2. The Morgan fingerprint density at radius 2 is 2.00 bits per heavy atom. The molecule has 0 aliphatic carbocycles. The topological polar surface area (TPSA) is 70.4 Å². The first kappa shape index (κ1) is 25.1. The molecule has 0 amide bonds. The quantitative estimate of drug-likeness (QED) is 0.206. The van der Waals surface area contributed by atoms with Gasteiger partial charge in [-0.3, -0.25) is 9.89 Å². The Bertz CT molecular complexity index is 697. The van der Waals surface area contributed by atoms with Crippen molar-refractivity contribution in [3.05, 3.63) is 35.0 Å². The average Bonchev–Trinajstić information content (AvgIpc) is 3.43. The number of unbranched alkanes of at least 4 members (excludes halogenated alkanes) is 1. The highest BCUT2D eigenvalue weighted by atomic mass is 127. The number of likely N-dealkylation sites (tertiary alicyclic amines) is 1. The van der Waals surface area contributed by atoms with Crippen molar-refractivity contribution in [3.8, 4) is 0 Å². The molecule has 0 saturated carbocycles. The van der Waals surface area contributed by atoms with E-state index in [1.165, 1.54) is 30.8 Å². The molecule has 1 atom stereocenters. The zero-order valence-corrected chi connectivity index (χ0v) is 21.3. The number of hydrogen-bond acceptors (Lipinski definition) is 5. The molecule has 3 heterocycles. The van der Waals surface area contributed by atoms with E-state index in [2.05, 4.69) is 57.1 Å². The summed E-state index contributed by atoms with van der Waals surface area (Å²) in [5, 5.41) is 16.8. The summed E-state index contributed by atoms with van der Waals surface area (Å²) >= 11 is 1.85. The van der Waals surface area contributed by atoms with Gasteiger partial charge in [0, 0.05) is 24.5 Å². The summed E-state index contributed by atoms with van der Waals surface area (Å²) in [7, 11) is 0. The van der Waals surface area contributed by atoms with Crippen LogP contribution in [-0.4, -0.2) is 58.3 Å². The third kappa shape index (κ3) is 8.14. The maximum Gasteiger partial charge on any atom is 0.191 e. The Hall–Kier alpha value is -1.20. The maximum absolute atomic E-state index is 4.95. The molecular formula is C21H36IN7S. The SMILES string of the molecule is CCNC(=NCC(c1cccs1)N1CCC(C)CC1)NCCCCn1cnnc1.I. The lowest BCUT2D eigenvalue weighted by Gasteiger charge is -2.35. The minimum atomic E-state index is 0. The molecule has 30 heavy (non-hydrogen) atoms. The van der Waals surface area contributed by atoms with Crippen LogP contribution >= 0.6 is 35.3 Å². The summed E-state index contributed by atoms with van der Waals surface area (Å²) in [6, 6.07) is 4.79. The van der Waals surface area contributed by atoms with Crippen molar-refractivity contribution < 1.29 is 0 Å². The fourth-order valence-electron chi connectivity index (χ4n) is 3.69. The lowest BCUT2D eigenvalue weighted by Crippen LogP contribution is -2.40. The van der Waals surface area contributed by atoms with Gasteiger partial charge in [0.15, 0.2) is 5.96 Å². The molecule has 0 aromatic carbocycles. The van der Waals surface area contributed by atoms with Gasteiger partial charge in [-0.1, -0.05) is 13.0 Å². The molecule has 1 aliphatic rings. The first-order chi connectivity index (χ1) is 14.3. The second kappa shape index (κ2) is 14.0.